The predicted octanol–water partition coefficient (Wildman–Crippen LogP) is 5.14. The Morgan fingerprint density at radius 2 is 1.90 bits per heavy atom. The smallest absolute Gasteiger partial charge is 0.257 e. The van der Waals surface area contributed by atoms with Crippen LogP contribution in [0.15, 0.2) is 42.6 Å². The number of carbonyl (C=O) groups is 1. The predicted molar refractivity (Wildman–Crippen MR) is 123 cm³/mol. The van der Waals surface area contributed by atoms with Gasteiger partial charge in [-0.3, -0.25) is 9.78 Å². The summed E-state index contributed by atoms with van der Waals surface area (Å²) in [5.74, 6) is 1.44. The minimum atomic E-state index is -0.00160. The molecule has 0 aliphatic carbocycles. The number of halogens is 1. The lowest BCUT2D eigenvalue weighted by Gasteiger charge is -2.28. The minimum Gasteiger partial charge on any atom is -0.497 e. The summed E-state index contributed by atoms with van der Waals surface area (Å²) in [4.78, 5) is 19.8. The number of ether oxygens (including phenoxy) is 2. The zero-order valence-corrected chi connectivity index (χ0v) is 18.5. The average molecular weight is 440 g/mol. The molecule has 1 amide bonds. The first-order valence-corrected chi connectivity index (χ1v) is 10.8. The van der Waals surface area contributed by atoms with Crippen LogP contribution in [0.1, 0.15) is 35.2 Å². The number of fused-ring (bicyclic) bond motifs is 1. The van der Waals surface area contributed by atoms with Crippen molar-refractivity contribution in [3.63, 3.8) is 0 Å². The number of benzene rings is 2. The number of nitrogens with zero attached hydrogens (tertiary/aromatic N) is 2. The lowest BCUT2D eigenvalue weighted by Crippen LogP contribution is -2.36. The molecule has 1 aromatic heterocycles. The Morgan fingerprint density at radius 3 is 2.65 bits per heavy atom. The lowest BCUT2D eigenvalue weighted by molar-refractivity contribution is 0.0725. The molecule has 2 aromatic carbocycles. The van der Waals surface area contributed by atoms with Crippen LogP contribution in [0.3, 0.4) is 0 Å². The third-order valence-corrected chi connectivity index (χ3v) is 5.89. The van der Waals surface area contributed by atoms with Crippen LogP contribution in [0.4, 0.5) is 5.69 Å². The maximum absolute atomic E-state index is 13.3. The summed E-state index contributed by atoms with van der Waals surface area (Å²) in [6.45, 7) is 2.02. The third kappa shape index (κ3) is 4.54. The number of aromatic nitrogens is 1. The summed E-state index contributed by atoms with van der Waals surface area (Å²) in [5.41, 5.74) is 3.03. The van der Waals surface area contributed by atoms with Crippen LogP contribution < -0.4 is 14.8 Å². The van der Waals surface area contributed by atoms with Gasteiger partial charge >= 0.3 is 0 Å². The Balaban J connectivity index is 1.72. The zero-order chi connectivity index (χ0) is 21.8. The standard InChI is InChI=1S/C24H26ClN3O3/c1-30-18-8-6-16(22(13-18)31-2)14-27-23-19-12-17(25)7-9-21(19)26-15-20(23)24(29)28-10-4-3-5-11-28/h6-9,12-13,15H,3-5,10-11,14H2,1-2H3,(H,26,27). The van der Waals surface area contributed by atoms with Gasteiger partial charge in [-0.2, -0.15) is 0 Å². The SMILES string of the molecule is COc1ccc(CNc2c(C(=O)N3CCCCC3)cnc3ccc(Cl)cc23)c(OC)c1. The Hall–Kier alpha value is -2.99. The van der Waals surface area contributed by atoms with E-state index < -0.39 is 0 Å². The Morgan fingerprint density at radius 1 is 1.10 bits per heavy atom. The fraction of sp³-hybridized carbons (Fsp3) is 0.333. The Bertz CT molecular complexity index is 1100. The van der Waals surface area contributed by atoms with E-state index in [0.717, 1.165) is 60.3 Å². The fourth-order valence-electron chi connectivity index (χ4n) is 3.97. The maximum atomic E-state index is 13.3. The van der Waals surface area contributed by atoms with Gasteiger partial charge in [0.05, 0.1) is 31.0 Å². The molecule has 0 radical (unpaired) electrons. The number of rotatable bonds is 6. The number of hydrogen-bond donors (Lipinski definition) is 1. The van der Waals surface area contributed by atoms with E-state index in [0.29, 0.717) is 22.9 Å². The summed E-state index contributed by atoms with van der Waals surface area (Å²) in [6.07, 6.45) is 4.90. The number of nitrogens with one attached hydrogen (secondary N) is 1. The van der Waals surface area contributed by atoms with E-state index in [-0.39, 0.29) is 5.91 Å². The molecule has 1 aliphatic rings. The number of likely N-dealkylation sites (tertiary alicyclic amines) is 1. The molecular weight excluding hydrogens is 414 g/mol. The van der Waals surface area contributed by atoms with Crippen molar-refractivity contribution in [2.24, 2.45) is 0 Å². The van der Waals surface area contributed by atoms with E-state index in [2.05, 4.69) is 10.3 Å². The van der Waals surface area contributed by atoms with Crippen molar-refractivity contribution < 1.29 is 14.3 Å². The second kappa shape index (κ2) is 9.43. The van der Waals surface area contributed by atoms with Gasteiger partial charge in [0.25, 0.3) is 5.91 Å². The topological polar surface area (TPSA) is 63.7 Å². The Kier molecular flexibility index (Phi) is 6.47. The van der Waals surface area contributed by atoms with Crippen LogP contribution in [-0.4, -0.2) is 43.1 Å². The normalized spacial score (nSPS) is 13.8. The van der Waals surface area contributed by atoms with Crippen molar-refractivity contribution in [3.05, 3.63) is 58.7 Å². The van der Waals surface area contributed by atoms with Gasteiger partial charge < -0.3 is 19.7 Å². The van der Waals surface area contributed by atoms with Gasteiger partial charge in [-0.25, -0.2) is 0 Å². The van der Waals surface area contributed by atoms with Crippen LogP contribution in [0.25, 0.3) is 10.9 Å². The maximum Gasteiger partial charge on any atom is 0.257 e. The van der Waals surface area contributed by atoms with Crippen LogP contribution in [-0.2, 0) is 6.54 Å². The molecule has 7 heteroatoms. The van der Waals surface area contributed by atoms with Gasteiger partial charge in [-0.1, -0.05) is 11.6 Å². The number of amides is 1. The van der Waals surface area contributed by atoms with Crippen molar-refractivity contribution in [2.45, 2.75) is 25.8 Å². The highest BCUT2D eigenvalue weighted by Gasteiger charge is 2.23. The van der Waals surface area contributed by atoms with Gasteiger partial charge in [-0.15, -0.1) is 0 Å². The van der Waals surface area contributed by atoms with Gasteiger partial charge in [0.1, 0.15) is 11.5 Å². The quantitative estimate of drug-likeness (QED) is 0.575. The minimum absolute atomic E-state index is 0.00160. The molecule has 1 N–H and O–H groups in total. The third-order valence-electron chi connectivity index (χ3n) is 5.65. The molecule has 6 nitrogen and oxygen atoms in total. The number of piperidine rings is 1. The van der Waals surface area contributed by atoms with E-state index in [9.17, 15) is 4.79 Å². The first-order chi connectivity index (χ1) is 15.1. The molecule has 1 aliphatic heterocycles. The monoisotopic (exact) mass is 439 g/mol. The summed E-state index contributed by atoms with van der Waals surface area (Å²) in [5, 5.41) is 4.89. The molecule has 0 saturated carbocycles. The number of pyridine rings is 1. The van der Waals surface area contributed by atoms with Crippen LogP contribution in [0, 0.1) is 0 Å². The highest BCUT2D eigenvalue weighted by Crippen LogP contribution is 2.32. The van der Waals surface area contributed by atoms with Crippen molar-refractivity contribution in [3.8, 4) is 11.5 Å². The van der Waals surface area contributed by atoms with Gasteiger partial charge in [0, 0.05) is 47.9 Å². The largest absolute Gasteiger partial charge is 0.497 e. The molecule has 2 heterocycles. The number of hydrogen-bond acceptors (Lipinski definition) is 5. The Labute approximate surface area is 187 Å². The average Bonchev–Trinajstić information content (AvgIpc) is 2.82. The first kappa shape index (κ1) is 21.2. The molecule has 0 unspecified atom stereocenters. The highest BCUT2D eigenvalue weighted by molar-refractivity contribution is 6.31. The summed E-state index contributed by atoms with van der Waals surface area (Å²) in [7, 11) is 3.25. The van der Waals surface area contributed by atoms with Crippen molar-refractivity contribution in [1.82, 2.24) is 9.88 Å². The van der Waals surface area contributed by atoms with Crippen molar-refractivity contribution in [1.29, 1.82) is 0 Å². The van der Waals surface area contributed by atoms with E-state index in [1.165, 1.54) is 0 Å². The molecule has 0 atom stereocenters. The first-order valence-electron chi connectivity index (χ1n) is 10.4. The van der Waals surface area contributed by atoms with Gasteiger partial charge in [0.2, 0.25) is 0 Å². The van der Waals surface area contributed by atoms with E-state index in [1.54, 1.807) is 26.5 Å². The summed E-state index contributed by atoms with van der Waals surface area (Å²) >= 11 is 6.28. The molecule has 3 aromatic rings. The highest BCUT2D eigenvalue weighted by atomic mass is 35.5. The van der Waals surface area contributed by atoms with E-state index >= 15 is 0 Å². The zero-order valence-electron chi connectivity index (χ0n) is 17.8. The fourth-order valence-corrected chi connectivity index (χ4v) is 4.14. The van der Waals surface area contributed by atoms with Crippen LogP contribution in [0.2, 0.25) is 5.02 Å². The molecule has 1 fully saturated rings. The lowest BCUT2D eigenvalue weighted by atomic mass is 10.1. The van der Waals surface area contributed by atoms with Crippen molar-refractivity contribution >= 4 is 34.1 Å². The summed E-state index contributed by atoms with van der Waals surface area (Å²) < 4.78 is 10.8. The van der Waals surface area contributed by atoms with Gasteiger partial charge in [0.15, 0.2) is 0 Å². The van der Waals surface area contributed by atoms with Crippen LogP contribution in [0.5, 0.6) is 11.5 Å². The summed E-state index contributed by atoms with van der Waals surface area (Å²) in [6, 6.07) is 11.2. The second-order valence-corrected chi connectivity index (χ2v) is 8.03. The molecule has 31 heavy (non-hydrogen) atoms. The second-order valence-electron chi connectivity index (χ2n) is 7.59. The van der Waals surface area contributed by atoms with Crippen LogP contribution >= 0.6 is 11.6 Å². The number of anilines is 1. The number of carbonyl (C=O) groups excluding carboxylic acids is 1. The van der Waals surface area contributed by atoms with E-state index in [1.807, 2.05) is 35.2 Å². The number of methoxy groups -OCH3 is 2. The van der Waals surface area contributed by atoms with Gasteiger partial charge in [-0.05, 0) is 49.6 Å². The van der Waals surface area contributed by atoms with E-state index in [4.69, 9.17) is 21.1 Å². The molecular formula is C24H26ClN3O3. The molecule has 162 valence electrons. The molecule has 1 saturated heterocycles. The van der Waals surface area contributed by atoms with Crippen molar-refractivity contribution in [2.75, 3.05) is 32.6 Å². The molecule has 0 bridgehead atoms. The molecule has 0 spiro atoms. The molecule has 4 rings (SSSR count).